The van der Waals surface area contributed by atoms with Gasteiger partial charge in [-0.2, -0.15) is 0 Å². The van der Waals surface area contributed by atoms with E-state index < -0.39 is 29.5 Å². The molecule has 1 aromatic rings. The molecule has 0 N–H and O–H groups in total. The van der Waals surface area contributed by atoms with Crippen LogP contribution in [0.15, 0.2) is 35.9 Å². The Bertz CT molecular complexity index is 543. The molecule has 0 aliphatic carbocycles. The van der Waals surface area contributed by atoms with Crippen molar-refractivity contribution in [1.29, 1.82) is 0 Å². The highest BCUT2D eigenvalue weighted by Crippen LogP contribution is 2.21. The first-order valence-electron chi connectivity index (χ1n) is 6.20. The lowest BCUT2D eigenvalue weighted by molar-refractivity contribution is -0.302. The molecular weight excluding hydrogens is 260 g/mol. The Morgan fingerprint density at radius 3 is 2.05 bits per heavy atom. The normalized spacial score (nSPS) is 11.7. The molecule has 0 heterocycles. The summed E-state index contributed by atoms with van der Waals surface area (Å²) in [6, 6.07) is 7.69. The fraction of sp³-hybridized carbons (Fsp3) is 0.267. The van der Waals surface area contributed by atoms with E-state index in [9.17, 15) is 24.6 Å². The van der Waals surface area contributed by atoms with Crippen molar-refractivity contribution in [2.24, 2.45) is 0 Å². The summed E-state index contributed by atoms with van der Waals surface area (Å²) in [4.78, 5) is 33.9. The molecule has 0 saturated heterocycles. The summed E-state index contributed by atoms with van der Waals surface area (Å²) in [5.41, 5.74) is -0.874. The number of carbonyl (C=O) groups excluding carboxylic acids is 3. The number of hydrogen-bond donors (Lipinski definition) is 0. The maximum absolute atomic E-state index is 11.6. The molecule has 5 nitrogen and oxygen atoms in total. The van der Waals surface area contributed by atoms with Gasteiger partial charge in [0.2, 0.25) is 0 Å². The molecule has 0 bridgehead atoms. The monoisotopic (exact) mass is 274 g/mol. The van der Waals surface area contributed by atoms with Crippen LogP contribution in [-0.2, 0) is 14.4 Å². The quantitative estimate of drug-likeness (QED) is 0.636. The largest absolute Gasteiger partial charge is 0.545 e. The van der Waals surface area contributed by atoms with Gasteiger partial charge in [0.25, 0.3) is 0 Å². The maximum Gasteiger partial charge on any atom is 0.137 e. The van der Waals surface area contributed by atoms with Crippen LogP contribution in [0.2, 0.25) is 0 Å². The Hall–Kier alpha value is -2.43. The van der Waals surface area contributed by atoms with Gasteiger partial charge in [-0.3, -0.25) is 4.79 Å². The highest BCUT2D eigenvalue weighted by atomic mass is 16.4. The zero-order valence-electron chi connectivity index (χ0n) is 11.0. The number of Topliss-reactive ketones (excluding diaryl/α,β-unsaturated/α-hetero) is 1. The van der Waals surface area contributed by atoms with E-state index in [1.54, 1.807) is 25.1 Å². The van der Waals surface area contributed by atoms with Crippen molar-refractivity contribution in [1.82, 2.24) is 0 Å². The molecule has 0 spiro atoms. The van der Waals surface area contributed by atoms with Gasteiger partial charge in [-0.1, -0.05) is 37.3 Å². The average Bonchev–Trinajstić information content (AvgIpc) is 2.39. The smallest absolute Gasteiger partial charge is 0.137 e. The Kier molecular flexibility index (Phi) is 5.65. The Labute approximate surface area is 116 Å². The van der Waals surface area contributed by atoms with Crippen molar-refractivity contribution in [3.8, 4) is 0 Å². The number of benzene rings is 1. The predicted octanol–water partition coefficient (Wildman–Crippen LogP) is -0.301. The number of carboxylic acid groups (broad SMARTS) is 2. The number of hydrogen-bond acceptors (Lipinski definition) is 5. The van der Waals surface area contributed by atoms with Crippen molar-refractivity contribution in [3.05, 3.63) is 41.5 Å². The standard InChI is InChI=1S/C15H16O5/c1-2-6-11(16)9-12(14(17)18)13(15(19)20)10-7-4-3-5-8-10/h3-5,7-8H,2,6,9H2,1H3,(H,17,18)(H,19,20)/p-2/b13-12+. The molecular formula is C15H14O5-2. The average molecular weight is 274 g/mol. The third-order valence-corrected chi connectivity index (χ3v) is 2.72. The van der Waals surface area contributed by atoms with E-state index in [0.717, 1.165) is 0 Å². The second-order valence-corrected chi connectivity index (χ2v) is 4.26. The van der Waals surface area contributed by atoms with Gasteiger partial charge in [0, 0.05) is 18.4 Å². The Balaban J connectivity index is 3.31. The van der Waals surface area contributed by atoms with Gasteiger partial charge < -0.3 is 19.8 Å². The maximum atomic E-state index is 11.6. The summed E-state index contributed by atoms with van der Waals surface area (Å²) in [7, 11) is 0. The van der Waals surface area contributed by atoms with Crippen LogP contribution in [0, 0.1) is 0 Å². The van der Waals surface area contributed by atoms with Gasteiger partial charge in [0.1, 0.15) is 5.78 Å². The zero-order chi connectivity index (χ0) is 15.1. The van der Waals surface area contributed by atoms with Gasteiger partial charge in [-0.05, 0) is 17.6 Å². The number of ketones is 1. The van der Waals surface area contributed by atoms with Crippen molar-refractivity contribution in [2.45, 2.75) is 26.2 Å². The van der Waals surface area contributed by atoms with Crippen LogP contribution < -0.4 is 10.2 Å². The molecule has 0 fully saturated rings. The summed E-state index contributed by atoms with van der Waals surface area (Å²) < 4.78 is 0. The van der Waals surface area contributed by atoms with E-state index in [0.29, 0.717) is 6.42 Å². The minimum absolute atomic E-state index is 0.177. The van der Waals surface area contributed by atoms with Gasteiger partial charge in [-0.25, -0.2) is 0 Å². The van der Waals surface area contributed by atoms with Crippen molar-refractivity contribution < 1.29 is 24.6 Å². The molecule has 0 saturated carbocycles. The Morgan fingerprint density at radius 2 is 1.60 bits per heavy atom. The van der Waals surface area contributed by atoms with Crippen LogP contribution in [0.3, 0.4) is 0 Å². The Morgan fingerprint density at radius 1 is 1.00 bits per heavy atom. The zero-order valence-corrected chi connectivity index (χ0v) is 11.0. The van der Waals surface area contributed by atoms with E-state index in [2.05, 4.69) is 0 Å². The van der Waals surface area contributed by atoms with E-state index in [1.165, 1.54) is 12.1 Å². The second-order valence-electron chi connectivity index (χ2n) is 4.26. The van der Waals surface area contributed by atoms with Crippen LogP contribution >= 0.6 is 0 Å². The lowest BCUT2D eigenvalue weighted by atomic mass is 9.95. The minimum Gasteiger partial charge on any atom is -0.545 e. The number of carbonyl (C=O) groups is 3. The van der Waals surface area contributed by atoms with Crippen molar-refractivity contribution in [3.63, 3.8) is 0 Å². The lowest BCUT2D eigenvalue weighted by Gasteiger charge is -2.17. The van der Waals surface area contributed by atoms with Crippen molar-refractivity contribution in [2.75, 3.05) is 0 Å². The third kappa shape index (κ3) is 4.05. The van der Waals surface area contributed by atoms with E-state index in [4.69, 9.17) is 0 Å². The fourth-order valence-corrected chi connectivity index (χ4v) is 1.85. The molecule has 5 heteroatoms. The molecule has 1 rings (SSSR count). The molecule has 0 aromatic heterocycles. The third-order valence-electron chi connectivity index (χ3n) is 2.72. The lowest BCUT2D eigenvalue weighted by Crippen LogP contribution is -2.32. The number of aliphatic carboxylic acids is 2. The highest BCUT2D eigenvalue weighted by Gasteiger charge is 2.15. The first-order chi connectivity index (χ1) is 9.47. The molecule has 20 heavy (non-hydrogen) atoms. The van der Waals surface area contributed by atoms with Crippen LogP contribution in [0.25, 0.3) is 5.57 Å². The van der Waals surface area contributed by atoms with Gasteiger partial charge in [0.15, 0.2) is 0 Å². The number of carboxylic acids is 2. The number of rotatable bonds is 7. The van der Waals surface area contributed by atoms with Crippen LogP contribution in [0.4, 0.5) is 0 Å². The molecule has 0 aliphatic heterocycles. The summed E-state index contributed by atoms with van der Waals surface area (Å²) in [6.07, 6.45) is 0.269. The first kappa shape index (κ1) is 15.6. The van der Waals surface area contributed by atoms with Crippen LogP contribution in [0.1, 0.15) is 31.7 Å². The van der Waals surface area contributed by atoms with E-state index >= 15 is 0 Å². The molecule has 0 amide bonds. The summed E-state index contributed by atoms with van der Waals surface area (Å²) in [5.74, 6) is -3.65. The van der Waals surface area contributed by atoms with E-state index in [-0.39, 0.29) is 17.8 Å². The summed E-state index contributed by atoms with van der Waals surface area (Å²) in [6.45, 7) is 1.77. The summed E-state index contributed by atoms with van der Waals surface area (Å²) in [5, 5.41) is 22.4. The molecule has 106 valence electrons. The van der Waals surface area contributed by atoms with E-state index in [1.807, 2.05) is 0 Å². The molecule has 0 aliphatic rings. The highest BCUT2D eigenvalue weighted by molar-refractivity contribution is 6.21. The molecule has 1 aromatic carbocycles. The first-order valence-corrected chi connectivity index (χ1v) is 6.20. The molecule has 0 atom stereocenters. The predicted molar refractivity (Wildman–Crippen MR) is 67.9 cm³/mol. The summed E-state index contributed by atoms with van der Waals surface area (Å²) >= 11 is 0. The van der Waals surface area contributed by atoms with Crippen LogP contribution in [0.5, 0.6) is 0 Å². The fourth-order valence-electron chi connectivity index (χ4n) is 1.85. The second kappa shape index (κ2) is 7.23. The molecule has 0 unspecified atom stereocenters. The van der Waals surface area contributed by atoms with Crippen molar-refractivity contribution >= 4 is 23.3 Å². The van der Waals surface area contributed by atoms with Gasteiger partial charge in [0.05, 0.1) is 11.9 Å². The molecule has 0 radical (unpaired) electrons. The minimum atomic E-state index is -1.67. The SMILES string of the molecule is CCCC(=O)C/C(C(=O)[O-])=C(\C(=O)[O-])c1ccccc1. The van der Waals surface area contributed by atoms with Crippen LogP contribution in [-0.4, -0.2) is 17.7 Å². The van der Waals surface area contributed by atoms with Gasteiger partial charge in [-0.15, -0.1) is 0 Å². The topological polar surface area (TPSA) is 97.3 Å². The van der Waals surface area contributed by atoms with Gasteiger partial charge >= 0.3 is 0 Å².